The molecule has 4 heteroatoms. The number of hydroxylamine groups is 1. The second kappa shape index (κ2) is 7.98. The van der Waals surface area contributed by atoms with Gasteiger partial charge >= 0.3 is 0 Å². The molecule has 1 N–H and O–H groups in total. The Morgan fingerprint density at radius 3 is 2.38 bits per heavy atom. The lowest BCUT2D eigenvalue weighted by Crippen LogP contribution is -2.12. The molecule has 0 radical (unpaired) electrons. The van der Waals surface area contributed by atoms with Gasteiger partial charge in [-0.2, -0.15) is 5.11 Å². The summed E-state index contributed by atoms with van der Waals surface area (Å²) in [6.07, 6.45) is 8.89. The molecule has 0 saturated carbocycles. The van der Waals surface area contributed by atoms with Crippen LogP contribution in [0.4, 0.5) is 0 Å². The van der Waals surface area contributed by atoms with Crippen molar-refractivity contribution in [1.82, 2.24) is 5.48 Å². The van der Waals surface area contributed by atoms with Gasteiger partial charge in [0.1, 0.15) is 0 Å². The van der Waals surface area contributed by atoms with Crippen molar-refractivity contribution in [3.05, 3.63) is 0 Å². The quantitative estimate of drug-likeness (QED) is 0.630. The van der Waals surface area contributed by atoms with E-state index in [0.29, 0.717) is 0 Å². The minimum atomic E-state index is 0.793. The van der Waals surface area contributed by atoms with Crippen LogP contribution in [0, 0.1) is 0 Å². The lowest BCUT2D eigenvalue weighted by Gasteiger charge is -2.00. The number of nitrogens with one attached hydrogen (secondary N) is 1. The maximum absolute atomic E-state index is 4.76. The maximum Gasteiger partial charge on any atom is 0.0636 e. The van der Waals surface area contributed by atoms with Gasteiger partial charge < -0.3 is 0 Å². The molecule has 1 aliphatic heterocycles. The molecule has 0 aromatic carbocycles. The highest BCUT2D eigenvalue weighted by molar-refractivity contribution is 4.48. The third-order valence-corrected chi connectivity index (χ3v) is 2.20. The molecule has 0 spiro atoms. The molecule has 0 fully saturated rings. The van der Waals surface area contributed by atoms with Crippen molar-refractivity contribution in [2.75, 3.05) is 13.1 Å². The van der Waals surface area contributed by atoms with Crippen molar-refractivity contribution in [2.24, 2.45) is 10.4 Å². The molecule has 0 aromatic rings. The fraction of sp³-hybridized carbons (Fsp3) is 1.00. The molecule has 1 rings (SSSR count). The van der Waals surface area contributed by atoms with Crippen molar-refractivity contribution in [2.45, 2.75) is 44.9 Å². The van der Waals surface area contributed by atoms with Gasteiger partial charge in [0.25, 0.3) is 0 Å². The third kappa shape index (κ3) is 6.51. The van der Waals surface area contributed by atoms with Gasteiger partial charge in [-0.1, -0.05) is 32.1 Å². The summed E-state index contributed by atoms with van der Waals surface area (Å²) in [5.41, 5.74) is 2.76. The summed E-state index contributed by atoms with van der Waals surface area (Å²) >= 11 is 0. The van der Waals surface area contributed by atoms with Gasteiger partial charge in [0.15, 0.2) is 0 Å². The van der Waals surface area contributed by atoms with E-state index in [4.69, 9.17) is 4.94 Å². The fourth-order valence-electron chi connectivity index (χ4n) is 1.41. The summed E-state index contributed by atoms with van der Waals surface area (Å²) < 4.78 is 0. The Kier molecular flexibility index (Phi) is 6.41. The molecule has 0 bridgehead atoms. The highest BCUT2D eigenvalue weighted by Crippen LogP contribution is 2.07. The van der Waals surface area contributed by atoms with Gasteiger partial charge in [-0.3, -0.25) is 4.94 Å². The largest absolute Gasteiger partial charge is 0.280 e. The molecule has 0 aliphatic carbocycles. The van der Waals surface area contributed by atoms with Crippen LogP contribution >= 0.6 is 0 Å². The lowest BCUT2D eigenvalue weighted by atomic mass is 10.1. The van der Waals surface area contributed by atoms with Crippen molar-refractivity contribution in [3.8, 4) is 0 Å². The maximum atomic E-state index is 4.76. The molecule has 0 atom stereocenters. The van der Waals surface area contributed by atoms with Gasteiger partial charge in [0, 0.05) is 11.8 Å². The Hall–Kier alpha value is -0.640. The third-order valence-electron chi connectivity index (χ3n) is 2.20. The van der Waals surface area contributed by atoms with Crippen molar-refractivity contribution in [1.29, 1.82) is 0 Å². The van der Waals surface area contributed by atoms with Crippen LogP contribution in [0.1, 0.15) is 44.9 Å². The normalized spacial score (nSPS) is 22.2. The molecule has 13 heavy (non-hydrogen) atoms. The summed E-state index contributed by atoms with van der Waals surface area (Å²) in [5, 5.41) is 7.42. The molecular formula is C9H19N3O. The van der Waals surface area contributed by atoms with Gasteiger partial charge in [-0.05, 0) is 12.8 Å². The molecule has 4 nitrogen and oxygen atoms in total. The Labute approximate surface area is 79.7 Å². The fourth-order valence-corrected chi connectivity index (χ4v) is 1.41. The molecule has 0 amide bonds. The topological polar surface area (TPSA) is 46.0 Å². The van der Waals surface area contributed by atoms with E-state index < -0.39 is 0 Å². The molecular weight excluding hydrogens is 166 g/mol. The molecule has 0 unspecified atom stereocenters. The van der Waals surface area contributed by atoms with E-state index in [1.807, 2.05) is 0 Å². The first-order chi connectivity index (χ1) is 6.50. The van der Waals surface area contributed by atoms with Crippen LogP contribution in [0.15, 0.2) is 10.4 Å². The monoisotopic (exact) mass is 185 g/mol. The van der Waals surface area contributed by atoms with Gasteiger partial charge in [0.2, 0.25) is 0 Å². The van der Waals surface area contributed by atoms with Crippen LogP contribution in [-0.2, 0) is 4.94 Å². The second-order valence-electron chi connectivity index (χ2n) is 3.41. The summed E-state index contributed by atoms with van der Waals surface area (Å²) in [4.78, 5) is 4.76. The zero-order valence-electron chi connectivity index (χ0n) is 8.17. The summed E-state index contributed by atoms with van der Waals surface area (Å²) in [6.45, 7) is 1.67. The first kappa shape index (κ1) is 10.4. The number of hydrogen-bond acceptors (Lipinski definition) is 4. The first-order valence-corrected chi connectivity index (χ1v) is 5.26. The van der Waals surface area contributed by atoms with Crippen LogP contribution < -0.4 is 5.48 Å². The van der Waals surface area contributed by atoms with E-state index in [0.717, 1.165) is 25.9 Å². The van der Waals surface area contributed by atoms with E-state index >= 15 is 0 Å². The summed E-state index contributed by atoms with van der Waals surface area (Å²) in [7, 11) is 0. The minimum absolute atomic E-state index is 0.793. The van der Waals surface area contributed by atoms with E-state index in [2.05, 4.69) is 15.9 Å². The van der Waals surface area contributed by atoms with E-state index in [9.17, 15) is 0 Å². The van der Waals surface area contributed by atoms with Gasteiger partial charge in [-0.15, -0.1) is 5.48 Å². The van der Waals surface area contributed by atoms with Gasteiger partial charge in [0.05, 0.1) is 6.54 Å². The highest BCUT2D eigenvalue weighted by atomic mass is 16.8. The Morgan fingerprint density at radius 1 is 0.846 bits per heavy atom. The highest BCUT2D eigenvalue weighted by Gasteiger charge is 1.93. The average molecular weight is 185 g/mol. The smallest absolute Gasteiger partial charge is 0.0636 e. The number of rotatable bonds is 0. The van der Waals surface area contributed by atoms with Crippen LogP contribution in [0.5, 0.6) is 0 Å². The number of nitrogens with zero attached hydrogens (tertiary/aromatic N) is 2. The van der Waals surface area contributed by atoms with Crippen molar-refractivity contribution < 1.29 is 4.94 Å². The zero-order valence-corrected chi connectivity index (χ0v) is 8.17. The average Bonchev–Trinajstić information content (AvgIpc) is 2.18. The van der Waals surface area contributed by atoms with E-state index in [1.165, 1.54) is 32.1 Å². The zero-order chi connectivity index (χ0) is 9.19. The van der Waals surface area contributed by atoms with Crippen LogP contribution in [-0.4, -0.2) is 13.1 Å². The van der Waals surface area contributed by atoms with Crippen LogP contribution in [0.3, 0.4) is 0 Å². The first-order valence-electron chi connectivity index (χ1n) is 5.26. The number of hydrogen-bond donors (Lipinski definition) is 1. The van der Waals surface area contributed by atoms with Crippen molar-refractivity contribution in [3.63, 3.8) is 0 Å². The predicted molar refractivity (Wildman–Crippen MR) is 51.1 cm³/mol. The van der Waals surface area contributed by atoms with Crippen molar-refractivity contribution >= 4 is 0 Å². The summed E-state index contributed by atoms with van der Waals surface area (Å²) in [5.74, 6) is 0. The second-order valence-corrected chi connectivity index (χ2v) is 3.41. The lowest BCUT2D eigenvalue weighted by molar-refractivity contribution is 0.0288. The molecule has 0 saturated heterocycles. The van der Waals surface area contributed by atoms with E-state index in [1.54, 1.807) is 0 Å². The summed E-state index contributed by atoms with van der Waals surface area (Å²) in [6, 6.07) is 0. The Bertz CT molecular complexity index is 125. The standard InChI is InChI=1S/C9H19N3O/c1-2-4-6-8-10-12-13-11-9-7-5-3-1/h11H,1-9H2. The van der Waals surface area contributed by atoms with Gasteiger partial charge in [-0.25, -0.2) is 0 Å². The Balaban J connectivity index is 2.09. The van der Waals surface area contributed by atoms with Crippen LogP contribution in [0.2, 0.25) is 0 Å². The Morgan fingerprint density at radius 2 is 1.54 bits per heavy atom. The van der Waals surface area contributed by atoms with E-state index in [-0.39, 0.29) is 0 Å². The van der Waals surface area contributed by atoms with Crippen LogP contribution in [0.25, 0.3) is 0 Å². The molecule has 1 aliphatic rings. The molecule has 76 valence electrons. The SMILES string of the molecule is C1CCCCN=NONCCCC1. The molecule has 1 heterocycles. The predicted octanol–water partition coefficient (Wildman–Crippen LogP) is 2.62. The molecule has 0 aromatic heterocycles. The minimum Gasteiger partial charge on any atom is -0.280 e.